The van der Waals surface area contributed by atoms with Crippen LogP contribution in [0.2, 0.25) is 0 Å². The van der Waals surface area contributed by atoms with Gasteiger partial charge in [-0.05, 0) is 25.3 Å². The van der Waals surface area contributed by atoms with Crippen LogP contribution in [0, 0.1) is 5.41 Å². The lowest BCUT2D eigenvalue weighted by atomic mass is 9.70. The second kappa shape index (κ2) is 4.61. The Hall–Kier alpha value is -0.570. The maximum absolute atomic E-state index is 11.2. The molecule has 1 amide bonds. The van der Waals surface area contributed by atoms with Gasteiger partial charge in [0.1, 0.15) is 0 Å². The number of nitrogens with one attached hydrogen (secondary N) is 2. The fourth-order valence-corrected chi connectivity index (χ4v) is 1.60. The van der Waals surface area contributed by atoms with Crippen molar-refractivity contribution in [2.45, 2.75) is 32.6 Å². The topological polar surface area (TPSA) is 41.1 Å². The summed E-state index contributed by atoms with van der Waals surface area (Å²) in [6.07, 6.45) is 4.44. The van der Waals surface area contributed by atoms with Crippen molar-refractivity contribution in [3.8, 4) is 0 Å². The molecule has 1 fully saturated rings. The molecule has 2 N–H and O–H groups in total. The number of carbonyl (C=O) groups is 1. The molecule has 0 radical (unpaired) electrons. The Kier molecular flexibility index (Phi) is 3.72. The molecule has 0 heterocycles. The maximum atomic E-state index is 11.2. The zero-order valence-corrected chi connectivity index (χ0v) is 8.65. The molecule has 1 aliphatic carbocycles. The quantitative estimate of drug-likeness (QED) is 0.666. The van der Waals surface area contributed by atoms with Crippen LogP contribution in [0.5, 0.6) is 0 Å². The molecular weight excluding hydrogens is 164 g/mol. The molecule has 0 aromatic heterocycles. The number of carbonyl (C=O) groups excluding carboxylic acids is 1. The van der Waals surface area contributed by atoms with Gasteiger partial charge >= 0.3 is 0 Å². The first-order chi connectivity index (χ1) is 6.16. The lowest BCUT2D eigenvalue weighted by Crippen LogP contribution is -2.40. The standard InChI is InChI=1S/C10H20N2O/c1-10(5-3-6-10)8-12-9(13)4-7-11-2/h11H,3-8H2,1-2H3,(H,12,13). The molecule has 0 unspecified atom stereocenters. The van der Waals surface area contributed by atoms with Crippen molar-refractivity contribution in [1.82, 2.24) is 10.6 Å². The molecule has 1 saturated carbocycles. The van der Waals surface area contributed by atoms with Crippen LogP contribution >= 0.6 is 0 Å². The van der Waals surface area contributed by atoms with Crippen LogP contribution in [0.3, 0.4) is 0 Å². The molecule has 0 aromatic carbocycles. The van der Waals surface area contributed by atoms with E-state index in [0.717, 1.165) is 13.1 Å². The molecule has 0 atom stereocenters. The van der Waals surface area contributed by atoms with E-state index >= 15 is 0 Å². The summed E-state index contributed by atoms with van der Waals surface area (Å²) in [4.78, 5) is 11.2. The fraction of sp³-hybridized carbons (Fsp3) is 0.900. The molecule has 0 spiro atoms. The zero-order valence-electron chi connectivity index (χ0n) is 8.65. The van der Waals surface area contributed by atoms with Crippen LogP contribution in [0.1, 0.15) is 32.6 Å². The number of hydrogen-bond donors (Lipinski definition) is 2. The van der Waals surface area contributed by atoms with E-state index in [9.17, 15) is 4.79 Å². The highest BCUT2D eigenvalue weighted by Gasteiger charge is 2.31. The van der Waals surface area contributed by atoms with Gasteiger partial charge in [0.15, 0.2) is 0 Å². The van der Waals surface area contributed by atoms with E-state index in [1.165, 1.54) is 19.3 Å². The largest absolute Gasteiger partial charge is 0.356 e. The third kappa shape index (κ3) is 3.35. The number of amides is 1. The Morgan fingerprint density at radius 2 is 2.15 bits per heavy atom. The lowest BCUT2D eigenvalue weighted by molar-refractivity contribution is -0.121. The Bertz CT molecular complexity index is 176. The first-order valence-electron chi connectivity index (χ1n) is 5.08. The maximum Gasteiger partial charge on any atom is 0.221 e. The van der Waals surface area contributed by atoms with E-state index in [-0.39, 0.29) is 5.91 Å². The average molecular weight is 184 g/mol. The Morgan fingerprint density at radius 1 is 1.46 bits per heavy atom. The first-order valence-corrected chi connectivity index (χ1v) is 5.08. The van der Waals surface area contributed by atoms with Crippen LogP contribution in [0.4, 0.5) is 0 Å². The molecular formula is C10H20N2O. The molecule has 3 heteroatoms. The molecule has 1 aliphatic rings. The van der Waals surface area contributed by atoms with Gasteiger partial charge in [-0.3, -0.25) is 4.79 Å². The predicted molar refractivity (Wildman–Crippen MR) is 53.5 cm³/mol. The summed E-state index contributed by atoms with van der Waals surface area (Å²) in [5, 5.41) is 5.94. The van der Waals surface area contributed by atoms with Gasteiger partial charge in [0.05, 0.1) is 0 Å². The summed E-state index contributed by atoms with van der Waals surface area (Å²) in [6.45, 7) is 3.87. The van der Waals surface area contributed by atoms with E-state index < -0.39 is 0 Å². The van der Waals surface area contributed by atoms with Crippen molar-refractivity contribution in [3.05, 3.63) is 0 Å². The first kappa shape index (κ1) is 10.5. The van der Waals surface area contributed by atoms with Crippen LogP contribution in [-0.4, -0.2) is 26.0 Å². The zero-order chi connectivity index (χ0) is 9.73. The Balaban J connectivity index is 2.07. The number of hydrogen-bond acceptors (Lipinski definition) is 2. The smallest absolute Gasteiger partial charge is 0.221 e. The van der Waals surface area contributed by atoms with Crippen LogP contribution in [-0.2, 0) is 4.79 Å². The summed E-state index contributed by atoms with van der Waals surface area (Å²) >= 11 is 0. The fourth-order valence-electron chi connectivity index (χ4n) is 1.60. The molecule has 0 saturated heterocycles. The minimum Gasteiger partial charge on any atom is -0.356 e. The number of rotatable bonds is 5. The van der Waals surface area contributed by atoms with Crippen molar-refractivity contribution in [1.29, 1.82) is 0 Å². The molecule has 0 aromatic rings. The molecule has 0 bridgehead atoms. The van der Waals surface area contributed by atoms with E-state index in [1.807, 2.05) is 7.05 Å². The second-order valence-corrected chi connectivity index (χ2v) is 4.29. The van der Waals surface area contributed by atoms with E-state index in [0.29, 0.717) is 11.8 Å². The molecule has 1 rings (SSSR count). The summed E-state index contributed by atoms with van der Waals surface area (Å²) in [7, 11) is 1.86. The van der Waals surface area contributed by atoms with Crippen LogP contribution < -0.4 is 10.6 Å². The van der Waals surface area contributed by atoms with Crippen molar-refractivity contribution in [2.75, 3.05) is 20.1 Å². The van der Waals surface area contributed by atoms with Crippen molar-refractivity contribution >= 4 is 5.91 Å². The van der Waals surface area contributed by atoms with Gasteiger partial charge in [0.2, 0.25) is 5.91 Å². The monoisotopic (exact) mass is 184 g/mol. The van der Waals surface area contributed by atoms with E-state index in [4.69, 9.17) is 0 Å². The highest BCUT2D eigenvalue weighted by atomic mass is 16.1. The minimum absolute atomic E-state index is 0.169. The normalized spacial score (nSPS) is 19.2. The predicted octanol–water partition coefficient (Wildman–Crippen LogP) is 0.902. The Morgan fingerprint density at radius 3 is 2.62 bits per heavy atom. The Labute approximate surface area is 80.3 Å². The molecule has 0 aliphatic heterocycles. The van der Waals surface area contributed by atoms with Gasteiger partial charge in [-0.25, -0.2) is 0 Å². The van der Waals surface area contributed by atoms with Gasteiger partial charge in [-0.1, -0.05) is 13.3 Å². The van der Waals surface area contributed by atoms with E-state index in [1.54, 1.807) is 0 Å². The van der Waals surface area contributed by atoms with Crippen molar-refractivity contribution < 1.29 is 4.79 Å². The summed E-state index contributed by atoms with van der Waals surface area (Å²) in [5.41, 5.74) is 0.398. The summed E-state index contributed by atoms with van der Waals surface area (Å²) < 4.78 is 0. The van der Waals surface area contributed by atoms with Crippen molar-refractivity contribution in [3.63, 3.8) is 0 Å². The van der Waals surface area contributed by atoms with Gasteiger partial charge in [-0.2, -0.15) is 0 Å². The minimum atomic E-state index is 0.169. The van der Waals surface area contributed by atoms with Gasteiger partial charge < -0.3 is 10.6 Å². The third-order valence-electron chi connectivity index (χ3n) is 2.88. The molecule has 3 nitrogen and oxygen atoms in total. The molecule has 76 valence electrons. The highest BCUT2D eigenvalue weighted by molar-refractivity contribution is 5.76. The third-order valence-corrected chi connectivity index (χ3v) is 2.88. The van der Waals surface area contributed by atoms with Gasteiger partial charge in [0, 0.05) is 19.5 Å². The highest BCUT2D eigenvalue weighted by Crippen LogP contribution is 2.39. The van der Waals surface area contributed by atoms with Crippen LogP contribution in [0.15, 0.2) is 0 Å². The molecule has 13 heavy (non-hydrogen) atoms. The van der Waals surface area contributed by atoms with Crippen molar-refractivity contribution in [2.24, 2.45) is 5.41 Å². The van der Waals surface area contributed by atoms with Crippen LogP contribution in [0.25, 0.3) is 0 Å². The summed E-state index contributed by atoms with van der Waals surface area (Å²) in [5.74, 6) is 0.169. The van der Waals surface area contributed by atoms with Gasteiger partial charge in [0.25, 0.3) is 0 Å². The van der Waals surface area contributed by atoms with Gasteiger partial charge in [-0.15, -0.1) is 0 Å². The summed E-state index contributed by atoms with van der Waals surface area (Å²) in [6, 6.07) is 0. The van der Waals surface area contributed by atoms with E-state index in [2.05, 4.69) is 17.6 Å². The SMILES string of the molecule is CNCCC(=O)NCC1(C)CCC1. The second-order valence-electron chi connectivity index (χ2n) is 4.29. The lowest BCUT2D eigenvalue weighted by Gasteiger charge is -2.38. The average Bonchev–Trinajstić information content (AvgIpc) is 2.08.